The van der Waals surface area contributed by atoms with Gasteiger partial charge in [0.25, 0.3) is 5.91 Å². The summed E-state index contributed by atoms with van der Waals surface area (Å²) in [5, 5.41) is 16.1. The minimum atomic E-state index is -0.504. The van der Waals surface area contributed by atoms with E-state index in [1.807, 2.05) is 6.07 Å². The molecule has 1 aromatic heterocycles. The standard InChI is InChI=1S/C14H14N2O4/c1-7-10(6-17)13(16-20-7)9-3-4-12-11(5-9)15-14(18)8(2)19-12/h3-5,8,17H,6H2,1-2H3,(H,15,18). The Morgan fingerprint density at radius 1 is 1.45 bits per heavy atom. The van der Waals surface area contributed by atoms with Gasteiger partial charge in [-0.15, -0.1) is 0 Å². The predicted molar refractivity (Wildman–Crippen MR) is 71.3 cm³/mol. The van der Waals surface area contributed by atoms with Gasteiger partial charge >= 0.3 is 0 Å². The number of carbonyl (C=O) groups excluding carboxylic acids is 1. The number of aliphatic hydroxyl groups is 1. The van der Waals surface area contributed by atoms with Gasteiger partial charge in [-0.05, 0) is 32.0 Å². The number of aromatic nitrogens is 1. The van der Waals surface area contributed by atoms with E-state index in [1.165, 1.54) is 0 Å². The van der Waals surface area contributed by atoms with Crippen LogP contribution >= 0.6 is 0 Å². The van der Waals surface area contributed by atoms with E-state index >= 15 is 0 Å². The van der Waals surface area contributed by atoms with Crippen LogP contribution in [0, 0.1) is 6.92 Å². The molecular weight excluding hydrogens is 260 g/mol. The monoisotopic (exact) mass is 274 g/mol. The van der Waals surface area contributed by atoms with Crippen molar-refractivity contribution in [3.8, 4) is 17.0 Å². The third-order valence-electron chi connectivity index (χ3n) is 3.33. The lowest BCUT2D eigenvalue weighted by Crippen LogP contribution is -2.34. The molecule has 0 radical (unpaired) electrons. The number of fused-ring (bicyclic) bond motifs is 1. The third-order valence-corrected chi connectivity index (χ3v) is 3.33. The van der Waals surface area contributed by atoms with E-state index in [0.717, 1.165) is 5.56 Å². The Morgan fingerprint density at radius 3 is 3.00 bits per heavy atom. The molecule has 1 amide bonds. The van der Waals surface area contributed by atoms with Gasteiger partial charge in [0.2, 0.25) is 0 Å². The molecule has 0 saturated carbocycles. The smallest absolute Gasteiger partial charge is 0.265 e. The Balaban J connectivity index is 2.04. The second kappa shape index (κ2) is 4.64. The first-order valence-electron chi connectivity index (χ1n) is 6.28. The maximum absolute atomic E-state index is 11.6. The van der Waals surface area contributed by atoms with Crippen molar-refractivity contribution in [2.24, 2.45) is 0 Å². The van der Waals surface area contributed by atoms with Crippen LogP contribution in [-0.2, 0) is 11.4 Å². The number of benzene rings is 1. The van der Waals surface area contributed by atoms with Crippen LogP contribution in [0.4, 0.5) is 5.69 Å². The van der Waals surface area contributed by atoms with Crippen LogP contribution in [0.1, 0.15) is 18.2 Å². The molecule has 1 unspecified atom stereocenters. The minimum absolute atomic E-state index is 0.151. The average molecular weight is 274 g/mol. The number of hydrogen-bond donors (Lipinski definition) is 2. The van der Waals surface area contributed by atoms with Gasteiger partial charge in [-0.25, -0.2) is 0 Å². The SMILES string of the molecule is Cc1onc(-c2ccc3c(c2)NC(=O)C(C)O3)c1CO. The van der Waals surface area contributed by atoms with Crippen LogP contribution < -0.4 is 10.1 Å². The van der Waals surface area contributed by atoms with E-state index in [4.69, 9.17) is 9.26 Å². The van der Waals surface area contributed by atoms with E-state index in [2.05, 4.69) is 10.5 Å². The molecule has 0 saturated heterocycles. The number of nitrogens with one attached hydrogen (secondary N) is 1. The molecule has 0 aliphatic carbocycles. The maximum atomic E-state index is 11.6. The zero-order valence-corrected chi connectivity index (χ0v) is 11.1. The summed E-state index contributed by atoms with van der Waals surface area (Å²) in [7, 11) is 0. The van der Waals surface area contributed by atoms with E-state index < -0.39 is 6.10 Å². The lowest BCUT2D eigenvalue weighted by atomic mass is 10.0. The normalized spacial score (nSPS) is 17.4. The first-order valence-corrected chi connectivity index (χ1v) is 6.28. The van der Waals surface area contributed by atoms with Crippen molar-refractivity contribution in [3.63, 3.8) is 0 Å². The highest BCUT2D eigenvalue weighted by Crippen LogP contribution is 2.35. The number of aryl methyl sites for hydroxylation is 1. The van der Waals surface area contributed by atoms with Crippen LogP contribution in [0.2, 0.25) is 0 Å². The van der Waals surface area contributed by atoms with E-state index in [0.29, 0.717) is 28.5 Å². The summed E-state index contributed by atoms with van der Waals surface area (Å²) in [5.41, 5.74) is 2.56. The van der Waals surface area contributed by atoms with E-state index in [9.17, 15) is 9.90 Å². The van der Waals surface area contributed by atoms with Gasteiger partial charge < -0.3 is 19.7 Å². The van der Waals surface area contributed by atoms with Crippen molar-refractivity contribution in [3.05, 3.63) is 29.5 Å². The van der Waals surface area contributed by atoms with Crippen molar-refractivity contribution < 1.29 is 19.2 Å². The summed E-state index contributed by atoms with van der Waals surface area (Å²) in [5.74, 6) is 1.01. The quantitative estimate of drug-likeness (QED) is 0.873. The number of rotatable bonds is 2. The predicted octanol–water partition coefficient (Wildman–Crippen LogP) is 1.86. The molecule has 1 aromatic carbocycles. The molecule has 1 atom stereocenters. The second-order valence-electron chi connectivity index (χ2n) is 4.68. The molecule has 6 nitrogen and oxygen atoms in total. The Bertz CT molecular complexity index is 678. The summed E-state index contributed by atoms with van der Waals surface area (Å²) in [6.45, 7) is 3.28. The zero-order valence-electron chi connectivity index (χ0n) is 11.1. The highest BCUT2D eigenvalue weighted by Gasteiger charge is 2.24. The van der Waals surface area contributed by atoms with Crippen LogP contribution in [0.5, 0.6) is 5.75 Å². The molecule has 1 aliphatic rings. The number of carbonyl (C=O) groups is 1. The first kappa shape index (κ1) is 12.7. The number of nitrogens with zero attached hydrogens (tertiary/aromatic N) is 1. The van der Waals surface area contributed by atoms with E-state index in [1.54, 1.807) is 26.0 Å². The van der Waals surface area contributed by atoms with Crippen molar-refractivity contribution in [1.29, 1.82) is 0 Å². The molecule has 2 heterocycles. The topological polar surface area (TPSA) is 84.6 Å². The van der Waals surface area contributed by atoms with Crippen LogP contribution in [0.25, 0.3) is 11.3 Å². The van der Waals surface area contributed by atoms with Crippen molar-refractivity contribution in [1.82, 2.24) is 5.16 Å². The zero-order chi connectivity index (χ0) is 14.3. The van der Waals surface area contributed by atoms with Crippen molar-refractivity contribution >= 4 is 11.6 Å². The number of amides is 1. The Kier molecular flexibility index (Phi) is 2.94. The van der Waals surface area contributed by atoms with Crippen molar-refractivity contribution in [2.75, 3.05) is 5.32 Å². The summed E-state index contributed by atoms with van der Waals surface area (Å²) in [6.07, 6.45) is -0.504. The maximum Gasteiger partial charge on any atom is 0.265 e. The first-order chi connectivity index (χ1) is 9.60. The third kappa shape index (κ3) is 1.94. The number of ether oxygens (including phenoxy) is 1. The summed E-state index contributed by atoms with van der Waals surface area (Å²) in [6, 6.07) is 5.35. The summed E-state index contributed by atoms with van der Waals surface area (Å²) < 4.78 is 10.6. The number of aliphatic hydroxyl groups excluding tert-OH is 1. The lowest BCUT2D eigenvalue weighted by Gasteiger charge is -2.23. The average Bonchev–Trinajstić information content (AvgIpc) is 2.80. The fourth-order valence-corrected chi connectivity index (χ4v) is 2.16. The van der Waals surface area contributed by atoms with E-state index in [-0.39, 0.29) is 12.5 Å². The second-order valence-corrected chi connectivity index (χ2v) is 4.68. The highest BCUT2D eigenvalue weighted by atomic mass is 16.5. The summed E-state index contributed by atoms with van der Waals surface area (Å²) in [4.78, 5) is 11.6. The largest absolute Gasteiger partial charge is 0.479 e. The molecule has 0 bridgehead atoms. The van der Waals surface area contributed by atoms with Crippen LogP contribution in [0.3, 0.4) is 0 Å². The van der Waals surface area contributed by atoms with Gasteiger partial charge in [-0.1, -0.05) is 5.16 Å². The molecule has 2 aromatic rings. The molecule has 0 fully saturated rings. The lowest BCUT2D eigenvalue weighted by molar-refractivity contribution is -0.122. The van der Waals surface area contributed by atoms with Crippen molar-refractivity contribution in [2.45, 2.75) is 26.6 Å². The molecule has 1 aliphatic heterocycles. The molecule has 104 valence electrons. The minimum Gasteiger partial charge on any atom is -0.479 e. The van der Waals surface area contributed by atoms with Gasteiger partial charge in [0.05, 0.1) is 12.3 Å². The summed E-state index contributed by atoms with van der Waals surface area (Å²) >= 11 is 0. The molecule has 2 N–H and O–H groups in total. The number of anilines is 1. The molecule has 0 spiro atoms. The van der Waals surface area contributed by atoms with Crippen LogP contribution in [0.15, 0.2) is 22.7 Å². The number of hydrogen-bond acceptors (Lipinski definition) is 5. The Hall–Kier alpha value is -2.34. The fourth-order valence-electron chi connectivity index (χ4n) is 2.16. The Morgan fingerprint density at radius 2 is 2.25 bits per heavy atom. The van der Waals surface area contributed by atoms with Gasteiger partial charge in [0.1, 0.15) is 17.2 Å². The van der Waals surface area contributed by atoms with Gasteiger partial charge in [0.15, 0.2) is 6.10 Å². The van der Waals surface area contributed by atoms with Gasteiger partial charge in [-0.2, -0.15) is 0 Å². The van der Waals surface area contributed by atoms with Gasteiger partial charge in [0, 0.05) is 11.1 Å². The van der Waals surface area contributed by atoms with Gasteiger partial charge in [-0.3, -0.25) is 4.79 Å². The molecule has 20 heavy (non-hydrogen) atoms. The highest BCUT2D eigenvalue weighted by molar-refractivity contribution is 5.98. The Labute approximate surface area is 115 Å². The molecular formula is C14H14N2O4. The molecule has 3 rings (SSSR count). The molecule has 6 heteroatoms. The van der Waals surface area contributed by atoms with Crippen LogP contribution in [-0.4, -0.2) is 22.3 Å². The fraction of sp³-hybridized carbons (Fsp3) is 0.286.